The topological polar surface area (TPSA) is 156 Å². The van der Waals surface area contributed by atoms with Crippen molar-refractivity contribution in [1.29, 1.82) is 0 Å². The van der Waals surface area contributed by atoms with Gasteiger partial charge in [0.15, 0.2) is 0 Å². The van der Waals surface area contributed by atoms with Gasteiger partial charge in [-0.2, -0.15) is 11.8 Å². The number of amides is 3. The van der Waals surface area contributed by atoms with Crippen LogP contribution in [0.25, 0.3) is 0 Å². The predicted molar refractivity (Wildman–Crippen MR) is 511 cm³/mol. The predicted octanol–water partition coefficient (Wildman–Crippen LogP) is 32.7. The molecule has 1 fully saturated rings. The Morgan fingerprint density at radius 2 is 0.709 bits per heavy atom. The zero-order valence-corrected chi connectivity index (χ0v) is 81.8. The van der Waals surface area contributed by atoms with Gasteiger partial charge < -0.3 is 19.9 Å². The van der Waals surface area contributed by atoms with Gasteiger partial charge in [0.1, 0.15) is 6.61 Å². The van der Waals surface area contributed by atoms with E-state index in [9.17, 15) is 28.8 Å². The second-order valence-corrected chi connectivity index (χ2v) is 38.3. The molecule has 0 bridgehead atoms. The molecule has 2 N–H and O–H groups in total. The number of unbranched alkanes of at least 4 members (excludes halogenated alkanes) is 54. The quantitative estimate of drug-likeness (QED) is 0.0366. The van der Waals surface area contributed by atoms with Crippen molar-refractivity contribution in [1.82, 2.24) is 10.2 Å². The first-order chi connectivity index (χ1) is 56.4. The molecule has 1 aliphatic heterocycles. The summed E-state index contributed by atoms with van der Waals surface area (Å²) in [6, 6.07) is 10.6. The Kier molecular flexibility index (Phi) is 86.7. The van der Waals surface area contributed by atoms with Crippen molar-refractivity contribution in [2.75, 3.05) is 37.8 Å². The summed E-state index contributed by atoms with van der Waals surface area (Å²) in [4.78, 5) is 72.7. The number of hydrogen-bond donors (Lipinski definition) is 2. The third kappa shape index (κ3) is 73.8. The third-order valence-electron chi connectivity index (χ3n) is 25.1. The summed E-state index contributed by atoms with van der Waals surface area (Å²) in [6.07, 6.45) is 83.8. The maximum atomic E-state index is 12.4. The van der Waals surface area contributed by atoms with E-state index in [4.69, 9.17) is 14.6 Å². The van der Waals surface area contributed by atoms with Crippen LogP contribution in [0.1, 0.15) is 527 Å². The van der Waals surface area contributed by atoms with Crippen molar-refractivity contribution in [2.24, 2.45) is 40.4 Å². The number of carbonyl (C=O) groups excluding carboxylic acids is 5. The van der Waals surface area contributed by atoms with Crippen molar-refractivity contribution in [3.8, 4) is 0 Å². The number of carboxylic acids is 1. The molecular formula is C105H200N2O9S. The standard InChI is InChI=1S/C31H60O4S.C22H43NO3.C22H41NO2.C20H42.C10H14/c1-7-9-10-11-12-13-14-15-16-17-18-19-20-21-22-23-24-34-29(33)31(5,6)27-36-26-25-35-28(32)30(3,4)8-2;1-4-5-6-7-8-9-10-11-12-13-14-15-16-17-18-23-21(24)19(2)20(3)22(25)26;1-4-5-6-7-8-9-10-11-12-13-14-15-16-17-18-23-21(24)19(2)20(3)22(23)25;1-4-6-7-8-9-10-11-12-13-14-15-16-17-18-19-20(3)5-2;1-3-9(2)10-7-5-4-6-8-10/h7-27H2,1-6H3;19-20H,4-18H2,1-3H3,(H,23,24)(H,25,26);19-20H,4-18H2,1-3H3;20H,4-19H2,1-3H3;4-9H,3H2,1-2H3. The van der Waals surface area contributed by atoms with Gasteiger partial charge in [0.25, 0.3) is 0 Å². The number of likely N-dealkylation sites (tertiary alicyclic amines) is 1. The van der Waals surface area contributed by atoms with E-state index in [1.165, 1.54) is 364 Å². The normalized spacial score (nSPS) is 14.4. The molecule has 12 heteroatoms. The molecule has 1 heterocycles. The van der Waals surface area contributed by atoms with Crippen LogP contribution in [0.5, 0.6) is 0 Å². The van der Waals surface area contributed by atoms with Crippen LogP contribution in [0.3, 0.4) is 0 Å². The Morgan fingerprint density at radius 3 is 1.03 bits per heavy atom. The number of carboxylic acid groups (broad SMARTS) is 1. The summed E-state index contributed by atoms with van der Waals surface area (Å²) < 4.78 is 10.9. The number of esters is 2. The SMILES string of the molecule is CCC(C)c1ccccc1.CCCCCCCCCCCCCCCCC(C)CC.CCCCCCCCCCCCCCCCCCOC(=O)C(C)(C)CSCCOC(=O)C(C)(C)CC.CCCCCCCCCCCCCCCCN1C(=O)C(C)C(C)C1=O.CCCCCCCCCCCCCCCCNC(=O)C(C)C(C)C(=O)O. The Morgan fingerprint density at radius 1 is 0.402 bits per heavy atom. The number of benzene rings is 1. The van der Waals surface area contributed by atoms with Gasteiger partial charge in [-0.25, -0.2) is 0 Å². The molecule has 1 saturated heterocycles. The number of hydrogen-bond acceptors (Lipinski definition) is 9. The molecule has 0 radical (unpaired) electrons. The minimum absolute atomic E-state index is 0.0344. The number of nitrogens with one attached hydrogen (secondary N) is 1. The van der Waals surface area contributed by atoms with Crippen LogP contribution >= 0.6 is 11.8 Å². The lowest BCUT2D eigenvalue weighted by Gasteiger charge is -2.23. The van der Waals surface area contributed by atoms with Gasteiger partial charge in [-0.15, -0.1) is 0 Å². The van der Waals surface area contributed by atoms with Crippen LogP contribution in [0.2, 0.25) is 0 Å². The summed E-state index contributed by atoms with van der Waals surface area (Å²) in [6.45, 7) is 37.2. The van der Waals surface area contributed by atoms with E-state index >= 15 is 0 Å². The molecule has 0 aromatic heterocycles. The fourth-order valence-corrected chi connectivity index (χ4v) is 15.7. The Labute approximate surface area is 732 Å². The van der Waals surface area contributed by atoms with Gasteiger partial charge in [-0.05, 0) is 77.2 Å². The highest BCUT2D eigenvalue weighted by Gasteiger charge is 2.41. The van der Waals surface area contributed by atoms with E-state index in [-0.39, 0.29) is 41.5 Å². The molecule has 1 aromatic carbocycles. The second kappa shape index (κ2) is 86.1. The average molecular weight is 1670 g/mol. The minimum atomic E-state index is -0.913. The molecule has 117 heavy (non-hydrogen) atoms. The average Bonchev–Trinajstić information content (AvgIpc) is 1.67. The van der Waals surface area contributed by atoms with Gasteiger partial charge in [0.2, 0.25) is 17.7 Å². The third-order valence-corrected chi connectivity index (χ3v) is 26.4. The van der Waals surface area contributed by atoms with Crippen LogP contribution in [-0.4, -0.2) is 83.4 Å². The molecule has 3 amide bonds. The molecule has 690 valence electrons. The first kappa shape index (κ1) is 118. The number of aliphatic carboxylic acids is 1. The summed E-state index contributed by atoms with van der Waals surface area (Å²) >= 11 is 1.64. The first-order valence-corrected chi connectivity index (χ1v) is 51.9. The highest BCUT2D eigenvalue weighted by molar-refractivity contribution is 7.99. The van der Waals surface area contributed by atoms with E-state index in [0.717, 1.165) is 50.9 Å². The maximum absolute atomic E-state index is 12.4. The van der Waals surface area contributed by atoms with Crippen LogP contribution < -0.4 is 5.32 Å². The Bertz CT molecular complexity index is 2330. The summed E-state index contributed by atoms with van der Waals surface area (Å²) in [5.74, 6) is 0.402. The Balaban J connectivity index is -0.00000145. The highest BCUT2D eigenvalue weighted by Crippen LogP contribution is 2.29. The van der Waals surface area contributed by atoms with Crippen molar-refractivity contribution in [3.63, 3.8) is 0 Å². The molecule has 1 aliphatic rings. The van der Waals surface area contributed by atoms with E-state index in [1.54, 1.807) is 25.6 Å². The summed E-state index contributed by atoms with van der Waals surface area (Å²) in [5, 5.41) is 11.8. The number of ether oxygens (including phenoxy) is 2. The van der Waals surface area contributed by atoms with Gasteiger partial charge in [-0.1, -0.05) is 486 Å². The number of nitrogens with zero attached hydrogens (tertiary/aromatic N) is 1. The fourth-order valence-electron chi connectivity index (χ4n) is 14.7. The Hall–Kier alpha value is -3.41. The number of imide groups is 1. The molecule has 0 saturated carbocycles. The zero-order valence-electron chi connectivity index (χ0n) is 81.0. The van der Waals surface area contributed by atoms with Gasteiger partial charge in [0.05, 0.1) is 23.4 Å². The van der Waals surface area contributed by atoms with Crippen molar-refractivity contribution < 1.29 is 43.3 Å². The van der Waals surface area contributed by atoms with Crippen LogP contribution in [0.4, 0.5) is 0 Å². The smallest absolute Gasteiger partial charge is 0.312 e. The largest absolute Gasteiger partial charge is 0.481 e. The van der Waals surface area contributed by atoms with Gasteiger partial charge in [0, 0.05) is 42.3 Å². The number of carbonyl (C=O) groups is 6. The summed E-state index contributed by atoms with van der Waals surface area (Å²) in [5.41, 5.74) is 0.498. The lowest BCUT2D eigenvalue weighted by atomic mass is 9.91. The number of rotatable bonds is 76. The molecule has 11 nitrogen and oxygen atoms in total. The highest BCUT2D eigenvalue weighted by atomic mass is 32.2. The van der Waals surface area contributed by atoms with E-state index in [0.29, 0.717) is 43.7 Å². The van der Waals surface area contributed by atoms with Crippen molar-refractivity contribution in [3.05, 3.63) is 35.9 Å². The molecule has 6 unspecified atom stereocenters. The molecule has 0 aliphatic carbocycles. The first-order valence-electron chi connectivity index (χ1n) is 50.7. The van der Waals surface area contributed by atoms with Crippen molar-refractivity contribution >= 4 is 47.4 Å². The summed E-state index contributed by atoms with van der Waals surface area (Å²) in [7, 11) is 0. The van der Waals surface area contributed by atoms with E-state index in [1.807, 2.05) is 48.5 Å². The minimum Gasteiger partial charge on any atom is -0.481 e. The second-order valence-electron chi connectivity index (χ2n) is 37.2. The molecule has 1 aromatic rings. The van der Waals surface area contributed by atoms with Crippen LogP contribution in [0, 0.1) is 40.4 Å². The van der Waals surface area contributed by atoms with E-state index in [2.05, 4.69) is 91.0 Å². The van der Waals surface area contributed by atoms with Crippen LogP contribution in [-0.2, 0) is 38.2 Å². The molecule has 0 spiro atoms. The van der Waals surface area contributed by atoms with Crippen molar-refractivity contribution in [2.45, 2.75) is 522 Å². The van der Waals surface area contributed by atoms with Gasteiger partial charge >= 0.3 is 17.9 Å². The maximum Gasteiger partial charge on any atom is 0.312 e. The lowest BCUT2D eigenvalue weighted by molar-refractivity contribution is -0.154. The molecular weight excluding hydrogens is 1470 g/mol. The van der Waals surface area contributed by atoms with Gasteiger partial charge in [-0.3, -0.25) is 33.7 Å². The fraction of sp³-hybridized carbons (Fsp3) is 0.886. The monoisotopic (exact) mass is 1670 g/mol. The number of thioether (sulfide) groups is 1. The lowest BCUT2D eigenvalue weighted by Crippen LogP contribution is -2.35. The molecule has 6 atom stereocenters. The zero-order chi connectivity index (χ0) is 87.5. The molecule has 2 rings (SSSR count). The van der Waals surface area contributed by atoms with Crippen LogP contribution in [0.15, 0.2) is 30.3 Å². The van der Waals surface area contributed by atoms with E-state index < -0.39 is 28.6 Å².